The molecule has 5 rings (SSSR count). The lowest BCUT2D eigenvalue weighted by atomic mass is 9.84. The molecule has 0 unspecified atom stereocenters. The fraction of sp³-hybridized carbons (Fsp3) is 0.459. The van der Waals surface area contributed by atoms with E-state index in [9.17, 15) is 14.0 Å². The van der Waals surface area contributed by atoms with Gasteiger partial charge in [-0.15, -0.1) is 0 Å². The number of piperidine rings is 1. The highest BCUT2D eigenvalue weighted by Gasteiger charge is 2.31. The number of esters is 1. The van der Waals surface area contributed by atoms with Gasteiger partial charge in [-0.3, -0.25) is 19.4 Å². The second-order valence-electron chi connectivity index (χ2n) is 12.7. The van der Waals surface area contributed by atoms with Crippen LogP contribution in [-0.4, -0.2) is 54.4 Å². The molecule has 6 nitrogen and oxygen atoms in total. The van der Waals surface area contributed by atoms with E-state index in [2.05, 4.69) is 21.9 Å². The number of likely N-dealkylation sites (tertiary alicyclic amines) is 1. The van der Waals surface area contributed by atoms with Crippen LogP contribution < -0.4 is 4.74 Å². The van der Waals surface area contributed by atoms with Gasteiger partial charge in [0.05, 0.1) is 12.0 Å². The van der Waals surface area contributed by atoms with Crippen LogP contribution in [0.15, 0.2) is 66.7 Å². The molecule has 0 spiro atoms. The summed E-state index contributed by atoms with van der Waals surface area (Å²) < 4.78 is 24.6. The molecule has 3 aromatic carbocycles. The summed E-state index contributed by atoms with van der Waals surface area (Å²) in [5.74, 6) is 1.14. The molecule has 1 saturated heterocycles. The SMILES string of the molecule is CCOC(=O)C(C)(C)c1cccc(CN2CCC(CCC(=O)c3ccc4c(c3)CN(Cc3ccc(F)cc3)CCO4)CC2)c1. The van der Waals surface area contributed by atoms with E-state index in [-0.39, 0.29) is 17.6 Å². The first-order chi connectivity index (χ1) is 21.2. The summed E-state index contributed by atoms with van der Waals surface area (Å²) in [6.45, 7) is 11.7. The zero-order valence-electron chi connectivity index (χ0n) is 26.3. The molecule has 2 aliphatic rings. The van der Waals surface area contributed by atoms with Gasteiger partial charge < -0.3 is 9.47 Å². The van der Waals surface area contributed by atoms with Gasteiger partial charge in [-0.2, -0.15) is 0 Å². The Labute approximate surface area is 261 Å². The van der Waals surface area contributed by atoms with E-state index < -0.39 is 5.41 Å². The van der Waals surface area contributed by atoms with Crippen molar-refractivity contribution in [1.82, 2.24) is 9.80 Å². The van der Waals surface area contributed by atoms with Crippen molar-refractivity contribution in [3.8, 4) is 5.75 Å². The Morgan fingerprint density at radius 2 is 1.68 bits per heavy atom. The van der Waals surface area contributed by atoms with Gasteiger partial charge >= 0.3 is 5.97 Å². The Morgan fingerprint density at radius 1 is 0.932 bits per heavy atom. The van der Waals surface area contributed by atoms with E-state index in [4.69, 9.17) is 9.47 Å². The van der Waals surface area contributed by atoms with Crippen molar-refractivity contribution >= 4 is 11.8 Å². The van der Waals surface area contributed by atoms with Crippen LogP contribution in [-0.2, 0) is 34.6 Å². The third kappa shape index (κ3) is 8.13. The highest BCUT2D eigenvalue weighted by Crippen LogP contribution is 2.29. The van der Waals surface area contributed by atoms with Crippen LogP contribution in [0.5, 0.6) is 5.75 Å². The van der Waals surface area contributed by atoms with Crippen LogP contribution in [0.2, 0.25) is 0 Å². The average molecular weight is 601 g/mol. The maximum Gasteiger partial charge on any atom is 0.315 e. The van der Waals surface area contributed by atoms with Crippen LogP contribution in [0.3, 0.4) is 0 Å². The zero-order chi connectivity index (χ0) is 31.1. The van der Waals surface area contributed by atoms with Crippen molar-refractivity contribution in [3.05, 3.63) is 100 Å². The number of carbonyl (C=O) groups excluding carboxylic acids is 2. The predicted octanol–water partition coefficient (Wildman–Crippen LogP) is 6.94. The van der Waals surface area contributed by atoms with Gasteiger partial charge in [0, 0.05) is 43.7 Å². The number of fused-ring (bicyclic) bond motifs is 1. The number of benzene rings is 3. The minimum Gasteiger partial charge on any atom is -0.492 e. The van der Waals surface area contributed by atoms with Gasteiger partial charge in [-0.05, 0) is 106 Å². The maximum atomic E-state index is 13.3. The summed E-state index contributed by atoms with van der Waals surface area (Å²) in [6.07, 6.45) is 3.62. The van der Waals surface area contributed by atoms with Crippen molar-refractivity contribution in [3.63, 3.8) is 0 Å². The summed E-state index contributed by atoms with van der Waals surface area (Å²) in [4.78, 5) is 30.5. The fourth-order valence-corrected chi connectivity index (χ4v) is 6.26. The number of ketones is 1. The number of rotatable bonds is 11. The average Bonchev–Trinajstić information content (AvgIpc) is 3.23. The normalized spacial score (nSPS) is 16.5. The number of hydrogen-bond donors (Lipinski definition) is 0. The minimum atomic E-state index is -0.681. The van der Waals surface area contributed by atoms with Crippen LogP contribution >= 0.6 is 0 Å². The Morgan fingerprint density at radius 3 is 2.43 bits per heavy atom. The third-order valence-electron chi connectivity index (χ3n) is 9.09. The minimum absolute atomic E-state index is 0.186. The van der Waals surface area contributed by atoms with Gasteiger partial charge in [0.2, 0.25) is 0 Å². The second kappa shape index (κ2) is 14.5. The summed E-state index contributed by atoms with van der Waals surface area (Å²) in [7, 11) is 0. The summed E-state index contributed by atoms with van der Waals surface area (Å²) in [6, 6.07) is 20.8. The van der Waals surface area contributed by atoms with Gasteiger partial charge in [0.1, 0.15) is 18.2 Å². The molecule has 1 fully saturated rings. The molecule has 0 N–H and O–H groups in total. The molecule has 0 aromatic heterocycles. The third-order valence-corrected chi connectivity index (χ3v) is 9.09. The Hall–Kier alpha value is -3.55. The summed E-state index contributed by atoms with van der Waals surface area (Å²) >= 11 is 0. The fourth-order valence-electron chi connectivity index (χ4n) is 6.26. The molecule has 2 aliphatic heterocycles. The monoisotopic (exact) mass is 600 g/mol. The van der Waals surface area contributed by atoms with Crippen LogP contribution in [0.4, 0.5) is 4.39 Å². The van der Waals surface area contributed by atoms with Gasteiger partial charge in [-0.25, -0.2) is 4.39 Å². The molecular weight excluding hydrogens is 555 g/mol. The standard InChI is InChI=1S/C37H45FN2O4/c1-4-43-36(42)37(2,3)32-7-5-6-29(22-32)25-39-18-16-27(17-19-39)10-14-34(41)30-11-15-35-31(23-30)26-40(20-21-44-35)24-28-8-12-33(38)13-9-28/h5-9,11-13,15,22-23,27H,4,10,14,16-21,24-26H2,1-3H3. The lowest BCUT2D eigenvalue weighted by molar-refractivity contribution is -0.148. The molecule has 2 heterocycles. The summed E-state index contributed by atoms with van der Waals surface area (Å²) in [5, 5.41) is 0. The number of Topliss-reactive ketones (excluding diaryl/α,β-unsaturated/α-hetero) is 1. The number of halogens is 1. The van der Waals surface area contributed by atoms with E-state index in [1.807, 2.05) is 63.2 Å². The first kappa shape index (κ1) is 31.9. The van der Waals surface area contributed by atoms with Crippen molar-refractivity contribution in [2.24, 2.45) is 5.92 Å². The van der Waals surface area contributed by atoms with E-state index >= 15 is 0 Å². The summed E-state index contributed by atoms with van der Waals surface area (Å²) in [5.41, 5.74) is 4.33. The molecule has 234 valence electrons. The van der Waals surface area contributed by atoms with Crippen molar-refractivity contribution < 1.29 is 23.5 Å². The maximum absolute atomic E-state index is 13.3. The van der Waals surface area contributed by atoms with Crippen molar-refractivity contribution in [2.75, 3.05) is 32.8 Å². The van der Waals surface area contributed by atoms with E-state index in [1.54, 1.807) is 0 Å². The van der Waals surface area contributed by atoms with Gasteiger partial charge in [0.25, 0.3) is 0 Å². The van der Waals surface area contributed by atoms with Gasteiger partial charge in [0.15, 0.2) is 5.78 Å². The first-order valence-electron chi connectivity index (χ1n) is 16.0. The molecule has 0 aliphatic carbocycles. The Balaban J connectivity index is 1.10. The Bertz CT molecular complexity index is 1430. The highest BCUT2D eigenvalue weighted by atomic mass is 19.1. The number of carbonyl (C=O) groups is 2. The lowest BCUT2D eigenvalue weighted by Crippen LogP contribution is -2.34. The highest BCUT2D eigenvalue weighted by molar-refractivity contribution is 5.96. The molecular formula is C37H45FN2O4. The zero-order valence-corrected chi connectivity index (χ0v) is 26.3. The Kier molecular flexibility index (Phi) is 10.5. The van der Waals surface area contributed by atoms with Crippen molar-refractivity contribution in [1.29, 1.82) is 0 Å². The lowest BCUT2D eigenvalue weighted by Gasteiger charge is -2.32. The van der Waals surface area contributed by atoms with E-state index in [0.717, 1.165) is 73.4 Å². The number of ether oxygens (including phenoxy) is 2. The molecule has 44 heavy (non-hydrogen) atoms. The quantitative estimate of drug-likeness (QED) is 0.176. The largest absolute Gasteiger partial charge is 0.492 e. The number of nitrogens with zero attached hydrogens (tertiary/aromatic N) is 2. The first-order valence-corrected chi connectivity index (χ1v) is 16.0. The molecule has 0 saturated carbocycles. The van der Waals surface area contributed by atoms with Crippen molar-refractivity contribution in [2.45, 2.75) is 71.5 Å². The van der Waals surface area contributed by atoms with E-state index in [0.29, 0.717) is 38.6 Å². The molecule has 0 bridgehead atoms. The van der Waals surface area contributed by atoms with Crippen LogP contribution in [0, 0.1) is 11.7 Å². The predicted molar refractivity (Wildman–Crippen MR) is 170 cm³/mol. The smallest absolute Gasteiger partial charge is 0.315 e. The molecule has 0 radical (unpaired) electrons. The number of hydrogen-bond acceptors (Lipinski definition) is 6. The molecule has 0 atom stereocenters. The topological polar surface area (TPSA) is 59.1 Å². The molecule has 0 amide bonds. The van der Waals surface area contributed by atoms with Crippen LogP contribution in [0.25, 0.3) is 0 Å². The van der Waals surface area contributed by atoms with E-state index in [1.165, 1.54) is 17.7 Å². The molecule has 3 aromatic rings. The second-order valence-corrected chi connectivity index (χ2v) is 12.7. The van der Waals surface area contributed by atoms with Gasteiger partial charge in [-0.1, -0.05) is 36.4 Å². The molecule has 7 heteroatoms. The van der Waals surface area contributed by atoms with Crippen LogP contribution in [0.1, 0.15) is 79.1 Å².